The van der Waals surface area contributed by atoms with Crippen LogP contribution in [-0.2, 0) is 22.4 Å². The molecule has 3 aromatic rings. The predicted octanol–water partition coefficient (Wildman–Crippen LogP) is 8.52. The molecule has 0 saturated carbocycles. The van der Waals surface area contributed by atoms with E-state index in [1.54, 1.807) is 12.0 Å². The van der Waals surface area contributed by atoms with Gasteiger partial charge in [0.05, 0.1) is 18.6 Å². The Labute approximate surface area is 291 Å². The van der Waals surface area contributed by atoms with Crippen LogP contribution in [0.25, 0.3) is 0 Å². The Balaban J connectivity index is 1.23. The molecular weight excluding hydrogens is 616 g/mol. The normalized spacial score (nSPS) is 17.5. The van der Waals surface area contributed by atoms with E-state index in [-0.39, 0.29) is 29.9 Å². The van der Waals surface area contributed by atoms with E-state index in [1.165, 1.54) is 22.3 Å². The zero-order valence-electron chi connectivity index (χ0n) is 30.4. The third-order valence-corrected chi connectivity index (χ3v) is 9.57. The van der Waals surface area contributed by atoms with Gasteiger partial charge >= 0.3 is 12.1 Å². The van der Waals surface area contributed by atoms with Gasteiger partial charge < -0.3 is 24.4 Å². The average molecular weight is 669 g/mol. The topological polar surface area (TPSA) is 94.2 Å². The zero-order valence-corrected chi connectivity index (χ0v) is 30.4. The van der Waals surface area contributed by atoms with Gasteiger partial charge in [-0.05, 0) is 157 Å². The highest BCUT2D eigenvalue weighted by molar-refractivity contribution is 5.94. The molecule has 8 nitrogen and oxygen atoms in total. The maximum atomic E-state index is 13.5. The van der Waals surface area contributed by atoms with Crippen molar-refractivity contribution in [2.45, 2.75) is 104 Å². The van der Waals surface area contributed by atoms with Crippen LogP contribution in [0.3, 0.4) is 0 Å². The minimum Gasteiger partial charge on any atom is -0.497 e. The summed E-state index contributed by atoms with van der Waals surface area (Å²) in [5.74, 6) is 1.59. The first kappa shape index (κ1) is 36.0. The van der Waals surface area contributed by atoms with Gasteiger partial charge in [-0.2, -0.15) is 0 Å². The number of carbonyl (C=O) groups is 3. The number of hydrogen-bond donors (Lipinski definition) is 1. The van der Waals surface area contributed by atoms with Gasteiger partial charge in [0, 0.05) is 18.7 Å². The first-order valence-corrected chi connectivity index (χ1v) is 17.5. The molecule has 1 aliphatic carbocycles. The van der Waals surface area contributed by atoms with Crippen LogP contribution in [-0.4, -0.2) is 48.7 Å². The summed E-state index contributed by atoms with van der Waals surface area (Å²) in [6, 6.07) is 19.8. The van der Waals surface area contributed by atoms with Crippen molar-refractivity contribution in [2.24, 2.45) is 5.41 Å². The van der Waals surface area contributed by atoms with E-state index in [4.69, 9.17) is 14.2 Å². The van der Waals surface area contributed by atoms with Crippen LogP contribution >= 0.6 is 0 Å². The van der Waals surface area contributed by atoms with Gasteiger partial charge in [0.1, 0.15) is 17.1 Å². The minimum atomic E-state index is -0.564. The summed E-state index contributed by atoms with van der Waals surface area (Å²) in [5, 5.41) is 3.23. The molecule has 49 heavy (non-hydrogen) atoms. The Morgan fingerprint density at radius 2 is 1.49 bits per heavy atom. The van der Waals surface area contributed by atoms with E-state index in [1.807, 2.05) is 97.0 Å². The van der Waals surface area contributed by atoms with Crippen molar-refractivity contribution in [2.75, 3.05) is 20.2 Å². The van der Waals surface area contributed by atoms with Crippen molar-refractivity contribution in [1.29, 1.82) is 0 Å². The van der Waals surface area contributed by atoms with Gasteiger partial charge in [-0.25, -0.2) is 4.79 Å². The molecule has 1 fully saturated rings. The number of benzene rings is 3. The molecule has 2 aliphatic rings. The van der Waals surface area contributed by atoms with Gasteiger partial charge in [0.2, 0.25) is 0 Å². The van der Waals surface area contributed by atoms with E-state index < -0.39 is 11.0 Å². The standard InChI is InChI=1S/C41H52N2O6/c1-26(42-37(44)29-11-9-27(10-12-29)28-19-21-43(22-20-28)39(46)49-41(5,6)7)36-25-33(47-8)17-18-35(36)32-14-13-31-24-34(16-15-30(31)23-32)48-38(45)40(2,3)4/h9-12,15-18,24-26,28,32H,13-14,19-23H2,1-8H3,(H,42,44). The molecule has 262 valence electrons. The Morgan fingerprint density at radius 3 is 2.12 bits per heavy atom. The number of carbonyl (C=O) groups excluding carboxylic acids is 3. The predicted molar refractivity (Wildman–Crippen MR) is 191 cm³/mol. The molecule has 0 spiro atoms. The summed E-state index contributed by atoms with van der Waals surface area (Å²) in [5.41, 5.74) is 5.44. The van der Waals surface area contributed by atoms with Crippen molar-refractivity contribution < 1.29 is 28.6 Å². The number of methoxy groups -OCH3 is 1. The average Bonchev–Trinajstić information content (AvgIpc) is 3.06. The number of fused-ring (bicyclic) bond motifs is 1. The summed E-state index contributed by atoms with van der Waals surface area (Å²) in [6.45, 7) is 14.5. The van der Waals surface area contributed by atoms with Gasteiger partial charge in [-0.15, -0.1) is 0 Å². The van der Waals surface area contributed by atoms with Crippen molar-refractivity contribution in [1.82, 2.24) is 10.2 Å². The first-order chi connectivity index (χ1) is 23.1. The molecule has 5 rings (SSSR count). The molecular formula is C41H52N2O6. The number of rotatable bonds is 7. The van der Waals surface area contributed by atoms with E-state index in [2.05, 4.69) is 17.4 Å². The van der Waals surface area contributed by atoms with Crippen LogP contribution in [0.4, 0.5) is 4.79 Å². The maximum Gasteiger partial charge on any atom is 0.410 e. The summed E-state index contributed by atoms with van der Waals surface area (Å²) in [4.78, 5) is 40.2. The number of piperidine rings is 1. The van der Waals surface area contributed by atoms with E-state index in [0.717, 1.165) is 43.4 Å². The summed E-state index contributed by atoms with van der Waals surface area (Å²) in [6.07, 6.45) is 4.15. The molecule has 1 N–H and O–H groups in total. The summed E-state index contributed by atoms with van der Waals surface area (Å²) >= 11 is 0. The van der Waals surface area contributed by atoms with E-state index in [0.29, 0.717) is 30.3 Å². The lowest BCUT2D eigenvalue weighted by Gasteiger charge is -2.33. The molecule has 3 aromatic carbocycles. The van der Waals surface area contributed by atoms with Crippen LogP contribution in [0.1, 0.15) is 124 Å². The van der Waals surface area contributed by atoms with Crippen LogP contribution < -0.4 is 14.8 Å². The first-order valence-electron chi connectivity index (χ1n) is 17.5. The number of esters is 1. The lowest BCUT2D eigenvalue weighted by Crippen LogP contribution is -2.41. The zero-order chi connectivity index (χ0) is 35.5. The molecule has 1 aliphatic heterocycles. The van der Waals surface area contributed by atoms with Crippen LogP contribution in [0.15, 0.2) is 60.7 Å². The summed E-state index contributed by atoms with van der Waals surface area (Å²) in [7, 11) is 1.66. The van der Waals surface area contributed by atoms with Crippen molar-refractivity contribution >= 4 is 18.0 Å². The largest absolute Gasteiger partial charge is 0.497 e. The number of ether oxygens (including phenoxy) is 3. The fourth-order valence-corrected chi connectivity index (χ4v) is 6.73. The Kier molecular flexibility index (Phi) is 10.8. The highest BCUT2D eigenvalue weighted by Gasteiger charge is 2.29. The number of likely N-dealkylation sites (tertiary alicyclic amines) is 1. The molecule has 2 unspecified atom stereocenters. The van der Waals surface area contributed by atoms with Crippen molar-refractivity contribution in [3.63, 3.8) is 0 Å². The monoisotopic (exact) mass is 668 g/mol. The third-order valence-electron chi connectivity index (χ3n) is 9.57. The fourth-order valence-electron chi connectivity index (χ4n) is 6.73. The Bertz CT molecular complexity index is 1660. The van der Waals surface area contributed by atoms with Crippen LogP contribution in [0, 0.1) is 5.41 Å². The molecule has 1 saturated heterocycles. The lowest BCUT2D eigenvalue weighted by molar-refractivity contribution is -0.143. The quantitative estimate of drug-likeness (QED) is 0.200. The number of nitrogens with zero attached hydrogens (tertiary/aromatic N) is 1. The molecule has 2 amide bonds. The molecule has 8 heteroatoms. The fraction of sp³-hybridized carbons (Fsp3) is 0.488. The van der Waals surface area contributed by atoms with Gasteiger partial charge in [0.15, 0.2) is 0 Å². The highest BCUT2D eigenvalue weighted by atomic mass is 16.6. The van der Waals surface area contributed by atoms with Crippen molar-refractivity contribution in [3.05, 3.63) is 94.0 Å². The second-order valence-corrected chi connectivity index (χ2v) is 15.6. The smallest absolute Gasteiger partial charge is 0.410 e. The molecule has 0 bridgehead atoms. The molecule has 0 aromatic heterocycles. The highest BCUT2D eigenvalue weighted by Crippen LogP contribution is 2.39. The molecule has 2 atom stereocenters. The SMILES string of the molecule is COc1ccc(C2CCc3cc(OC(=O)C(C)(C)C)ccc3C2)c(C(C)NC(=O)c2ccc(C3CCN(C(=O)OC(C)(C)C)CC3)cc2)c1. The number of nitrogens with one attached hydrogen (secondary N) is 1. The van der Waals surface area contributed by atoms with Gasteiger partial charge in [0.25, 0.3) is 5.91 Å². The van der Waals surface area contributed by atoms with E-state index >= 15 is 0 Å². The molecule has 1 heterocycles. The second kappa shape index (κ2) is 14.7. The van der Waals surface area contributed by atoms with Crippen LogP contribution in [0.5, 0.6) is 11.5 Å². The van der Waals surface area contributed by atoms with Gasteiger partial charge in [-0.1, -0.05) is 24.3 Å². The Hall–Kier alpha value is -4.33. The number of amides is 2. The minimum absolute atomic E-state index is 0.126. The second-order valence-electron chi connectivity index (χ2n) is 15.6. The Morgan fingerprint density at radius 1 is 0.816 bits per heavy atom. The maximum absolute atomic E-state index is 13.5. The summed E-state index contributed by atoms with van der Waals surface area (Å²) < 4.78 is 16.8. The van der Waals surface area contributed by atoms with Crippen molar-refractivity contribution in [3.8, 4) is 11.5 Å². The third kappa shape index (κ3) is 9.02. The van der Waals surface area contributed by atoms with E-state index in [9.17, 15) is 14.4 Å². The number of hydrogen-bond acceptors (Lipinski definition) is 6. The lowest BCUT2D eigenvalue weighted by atomic mass is 9.78. The number of aryl methyl sites for hydroxylation is 1. The molecule has 0 radical (unpaired) electrons. The van der Waals surface area contributed by atoms with Crippen LogP contribution in [0.2, 0.25) is 0 Å². The van der Waals surface area contributed by atoms with Gasteiger partial charge in [-0.3, -0.25) is 9.59 Å².